The minimum absolute atomic E-state index is 0.0919. The Morgan fingerprint density at radius 3 is 2.45 bits per heavy atom. The van der Waals surface area contributed by atoms with Gasteiger partial charge in [0.15, 0.2) is 0 Å². The van der Waals surface area contributed by atoms with Crippen molar-refractivity contribution in [1.82, 2.24) is 0 Å². The van der Waals surface area contributed by atoms with Gasteiger partial charge in [0, 0.05) is 12.0 Å². The number of rotatable bonds is 3. The van der Waals surface area contributed by atoms with Gasteiger partial charge in [-0.2, -0.15) is 18.3 Å². The zero-order chi connectivity index (χ0) is 20.4. The van der Waals surface area contributed by atoms with Crippen LogP contribution in [-0.4, -0.2) is 5.71 Å². The number of ether oxygens (including phenoxy) is 1. The highest BCUT2D eigenvalue weighted by molar-refractivity contribution is 6.33. The zero-order valence-corrected chi connectivity index (χ0v) is 15.8. The molecule has 1 unspecified atom stereocenters. The molecule has 0 saturated carbocycles. The van der Waals surface area contributed by atoms with Crippen LogP contribution in [0.25, 0.3) is 0 Å². The van der Waals surface area contributed by atoms with E-state index in [1.165, 1.54) is 6.07 Å². The van der Waals surface area contributed by atoms with Crippen LogP contribution in [0.4, 0.5) is 18.9 Å². The van der Waals surface area contributed by atoms with Gasteiger partial charge in [-0.1, -0.05) is 54.1 Å². The van der Waals surface area contributed by atoms with Crippen LogP contribution in [0, 0.1) is 0 Å². The smallest absolute Gasteiger partial charge is 0.416 e. The maximum absolute atomic E-state index is 13.0. The van der Waals surface area contributed by atoms with Gasteiger partial charge in [-0.3, -0.25) is 5.43 Å². The molecule has 1 N–H and O–H groups in total. The van der Waals surface area contributed by atoms with E-state index in [0.717, 1.165) is 23.3 Å². The molecule has 29 heavy (non-hydrogen) atoms. The number of alkyl halides is 3. The molecule has 0 saturated heterocycles. The summed E-state index contributed by atoms with van der Waals surface area (Å²) in [7, 11) is 0. The van der Waals surface area contributed by atoms with E-state index in [1.54, 1.807) is 0 Å². The monoisotopic (exact) mass is 416 g/mol. The molecule has 0 fully saturated rings. The Kier molecular flexibility index (Phi) is 5.20. The van der Waals surface area contributed by atoms with Gasteiger partial charge in [-0.15, -0.1) is 0 Å². The van der Waals surface area contributed by atoms with E-state index in [0.29, 0.717) is 17.9 Å². The maximum atomic E-state index is 13.0. The number of nitrogens with one attached hydrogen (secondary N) is 1. The summed E-state index contributed by atoms with van der Waals surface area (Å²) in [4.78, 5) is 0. The van der Waals surface area contributed by atoms with Crippen molar-refractivity contribution < 1.29 is 17.9 Å². The standard InChI is InChI=1S/C22H16ClF3N2O/c23-17-11-10-15(22(24,25)26)12-19(17)28-27-18-13-21(14-6-2-1-3-7-14)29-20-9-5-4-8-16(18)20/h1-12,21,28H,13H2/b27-18+. The van der Waals surface area contributed by atoms with Gasteiger partial charge in [-0.05, 0) is 35.9 Å². The average molecular weight is 417 g/mol. The topological polar surface area (TPSA) is 33.6 Å². The SMILES string of the molecule is FC(F)(F)c1ccc(Cl)c(N/N=C2\CC(c3ccccc3)Oc3ccccc32)c1. The summed E-state index contributed by atoms with van der Waals surface area (Å²) < 4.78 is 45.1. The van der Waals surface area contributed by atoms with E-state index in [2.05, 4.69) is 10.5 Å². The number of para-hydroxylation sites is 1. The fourth-order valence-electron chi connectivity index (χ4n) is 3.16. The van der Waals surface area contributed by atoms with Crippen LogP contribution in [0.3, 0.4) is 0 Å². The average Bonchev–Trinajstić information content (AvgIpc) is 2.72. The van der Waals surface area contributed by atoms with Crippen LogP contribution in [0.2, 0.25) is 5.02 Å². The lowest BCUT2D eigenvalue weighted by Gasteiger charge is -2.27. The summed E-state index contributed by atoms with van der Waals surface area (Å²) in [5.41, 5.74) is 4.46. The fourth-order valence-corrected chi connectivity index (χ4v) is 3.32. The summed E-state index contributed by atoms with van der Waals surface area (Å²) in [6, 6.07) is 20.2. The van der Waals surface area contributed by atoms with E-state index in [4.69, 9.17) is 16.3 Å². The number of halogens is 4. The van der Waals surface area contributed by atoms with Gasteiger partial charge in [0.05, 0.1) is 22.0 Å². The minimum Gasteiger partial charge on any atom is -0.485 e. The van der Waals surface area contributed by atoms with E-state index in [-0.39, 0.29) is 16.8 Å². The molecule has 0 radical (unpaired) electrons. The van der Waals surface area contributed by atoms with Crippen LogP contribution in [0.1, 0.15) is 29.2 Å². The van der Waals surface area contributed by atoms with Crippen LogP contribution in [-0.2, 0) is 6.18 Å². The number of hydrogen-bond acceptors (Lipinski definition) is 3. The highest BCUT2D eigenvalue weighted by Gasteiger charge is 2.31. The summed E-state index contributed by atoms with van der Waals surface area (Å²) in [6.07, 6.45) is -4.24. The highest BCUT2D eigenvalue weighted by Crippen LogP contribution is 2.36. The maximum Gasteiger partial charge on any atom is 0.416 e. The lowest BCUT2D eigenvalue weighted by atomic mass is 9.96. The second kappa shape index (κ2) is 7.79. The minimum atomic E-state index is -4.46. The van der Waals surface area contributed by atoms with Crippen molar-refractivity contribution in [3.63, 3.8) is 0 Å². The number of hydrazone groups is 1. The molecule has 0 amide bonds. The first-order valence-corrected chi connectivity index (χ1v) is 9.30. The predicted molar refractivity (Wildman–Crippen MR) is 107 cm³/mol. The first-order valence-electron chi connectivity index (χ1n) is 8.92. The van der Waals surface area contributed by atoms with Crippen LogP contribution < -0.4 is 10.2 Å². The van der Waals surface area contributed by atoms with Gasteiger partial charge in [0.2, 0.25) is 0 Å². The molecule has 4 rings (SSSR count). The van der Waals surface area contributed by atoms with Gasteiger partial charge in [-0.25, -0.2) is 0 Å². The third-order valence-corrected chi connectivity index (χ3v) is 4.95. The van der Waals surface area contributed by atoms with Crippen molar-refractivity contribution in [2.75, 3.05) is 5.43 Å². The predicted octanol–water partition coefficient (Wildman–Crippen LogP) is 6.70. The third-order valence-electron chi connectivity index (χ3n) is 4.62. The van der Waals surface area contributed by atoms with E-state index < -0.39 is 11.7 Å². The zero-order valence-electron chi connectivity index (χ0n) is 15.1. The molecule has 3 aromatic rings. The first kappa shape index (κ1) is 19.3. The van der Waals surface area contributed by atoms with Crippen molar-refractivity contribution in [2.45, 2.75) is 18.7 Å². The van der Waals surface area contributed by atoms with Crippen LogP contribution in [0.15, 0.2) is 77.9 Å². The molecule has 3 aromatic carbocycles. The van der Waals surface area contributed by atoms with Gasteiger partial charge >= 0.3 is 6.18 Å². The Hall–Kier alpha value is -2.99. The Labute approximate surface area is 170 Å². The normalized spacial score (nSPS) is 17.5. The lowest BCUT2D eigenvalue weighted by Crippen LogP contribution is -2.21. The van der Waals surface area contributed by atoms with Crippen molar-refractivity contribution in [1.29, 1.82) is 0 Å². The van der Waals surface area contributed by atoms with E-state index in [1.807, 2.05) is 54.6 Å². The van der Waals surface area contributed by atoms with Crippen molar-refractivity contribution >= 4 is 23.0 Å². The molecule has 1 aliphatic rings. The Balaban J connectivity index is 1.67. The molecule has 0 aliphatic carbocycles. The van der Waals surface area contributed by atoms with Crippen molar-refractivity contribution in [3.05, 3.63) is 94.5 Å². The van der Waals surface area contributed by atoms with Crippen LogP contribution in [0.5, 0.6) is 5.75 Å². The second-order valence-electron chi connectivity index (χ2n) is 6.58. The summed E-state index contributed by atoms with van der Waals surface area (Å²) in [5.74, 6) is 0.670. The molecule has 3 nitrogen and oxygen atoms in total. The number of nitrogens with zero attached hydrogens (tertiary/aromatic N) is 1. The molecule has 1 aliphatic heterocycles. The number of benzene rings is 3. The summed E-state index contributed by atoms with van der Waals surface area (Å²) in [6.45, 7) is 0. The van der Waals surface area contributed by atoms with E-state index in [9.17, 15) is 13.2 Å². The molecular formula is C22H16ClF3N2O. The Morgan fingerprint density at radius 2 is 1.69 bits per heavy atom. The third kappa shape index (κ3) is 4.22. The largest absolute Gasteiger partial charge is 0.485 e. The quantitative estimate of drug-likeness (QED) is 0.482. The molecule has 148 valence electrons. The Morgan fingerprint density at radius 1 is 0.966 bits per heavy atom. The number of anilines is 1. The number of hydrogen-bond donors (Lipinski definition) is 1. The molecule has 7 heteroatoms. The molecule has 0 spiro atoms. The molecule has 1 heterocycles. The Bertz CT molecular complexity index is 1050. The first-order chi connectivity index (χ1) is 13.9. The van der Waals surface area contributed by atoms with Gasteiger partial charge in [0.25, 0.3) is 0 Å². The molecule has 0 aromatic heterocycles. The molecular weight excluding hydrogens is 401 g/mol. The van der Waals surface area contributed by atoms with E-state index >= 15 is 0 Å². The van der Waals surface area contributed by atoms with Crippen molar-refractivity contribution in [3.8, 4) is 5.75 Å². The summed E-state index contributed by atoms with van der Waals surface area (Å²) in [5, 5.41) is 4.54. The molecule has 1 atom stereocenters. The molecule has 0 bridgehead atoms. The second-order valence-corrected chi connectivity index (χ2v) is 6.99. The van der Waals surface area contributed by atoms with Gasteiger partial charge in [0.1, 0.15) is 11.9 Å². The van der Waals surface area contributed by atoms with Crippen LogP contribution >= 0.6 is 11.6 Å². The number of fused-ring (bicyclic) bond motifs is 1. The lowest BCUT2D eigenvalue weighted by molar-refractivity contribution is -0.137. The van der Waals surface area contributed by atoms with Crippen molar-refractivity contribution in [2.24, 2.45) is 5.10 Å². The fraction of sp³-hybridized carbons (Fsp3) is 0.136. The highest BCUT2D eigenvalue weighted by atomic mass is 35.5. The summed E-state index contributed by atoms with van der Waals surface area (Å²) >= 11 is 6.06. The van der Waals surface area contributed by atoms with Gasteiger partial charge < -0.3 is 4.74 Å².